The van der Waals surface area contributed by atoms with Gasteiger partial charge >= 0.3 is 0 Å². The second-order valence-electron chi connectivity index (χ2n) is 6.76. The van der Waals surface area contributed by atoms with Crippen LogP contribution in [0, 0.1) is 12.8 Å². The lowest BCUT2D eigenvalue weighted by atomic mass is 10.2. The van der Waals surface area contributed by atoms with Gasteiger partial charge in [-0.2, -0.15) is 0 Å². The molecule has 150 valence electrons. The van der Waals surface area contributed by atoms with Crippen molar-refractivity contribution in [3.63, 3.8) is 0 Å². The number of thioether (sulfide) groups is 1. The number of rotatable bonds is 10. The van der Waals surface area contributed by atoms with Crippen molar-refractivity contribution in [1.82, 2.24) is 19.5 Å². The van der Waals surface area contributed by atoms with E-state index in [1.165, 1.54) is 7.11 Å². The highest BCUT2D eigenvalue weighted by Gasteiger charge is 2.19. The van der Waals surface area contributed by atoms with Gasteiger partial charge in [-0.3, -0.25) is 0 Å². The van der Waals surface area contributed by atoms with Gasteiger partial charge in [-0.05, 0) is 43.2 Å². The Bertz CT molecular complexity index is 863. The number of nitrogens with zero attached hydrogens (tertiary/aromatic N) is 3. The fourth-order valence-corrected chi connectivity index (χ4v) is 4.58. The van der Waals surface area contributed by atoms with Gasteiger partial charge in [0.2, 0.25) is 10.0 Å². The highest BCUT2D eigenvalue weighted by Crippen LogP contribution is 2.24. The lowest BCUT2D eigenvalue weighted by Crippen LogP contribution is -2.26. The fourth-order valence-electron chi connectivity index (χ4n) is 2.73. The lowest BCUT2D eigenvalue weighted by molar-refractivity contribution is 0.402. The highest BCUT2D eigenvalue weighted by atomic mass is 32.2. The van der Waals surface area contributed by atoms with E-state index in [2.05, 4.69) is 33.3 Å². The Morgan fingerprint density at radius 3 is 2.67 bits per heavy atom. The van der Waals surface area contributed by atoms with Crippen LogP contribution in [0.15, 0.2) is 28.3 Å². The summed E-state index contributed by atoms with van der Waals surface area (Å²) in [4.78, 5) is 0.164. The summed E-state index contributed by atoms with van der Waals surface area (Å²) in [5.74, 6) is 1.72. The van der Waals surface area contributed by atoms with Crippen molar-refractivity contribution in [3.05, 3.63) is 29.6 Å². The largest absolute Gasteiger partial charge is 0.495 e. The van der Waals surface area contributed by atoms with Crippen molar-refractivity contribution in [2.24, 2.45) is 5.92 Å². The van der Waals surface area contributed by atoms with E-state index in [-0.39, 0.29) is 4.90 Å². The molecule has 0 amide bonds. The predicted octanol–water partition coefficient (Wildman–Crippen LogP) is 2.88. The second kappa shape index (κ2) is 9.57. The van der Waals surface area contributed by atoms with Crippen LogP contribution in [0.4, 0.5) is 0 Å². The molecule has 1 N–H and O–H groups in total. The molecule has 0 aliphatic carbocycles. The van der Waals surface area contributed by atoms with Crippen LogP contribution < -0.4 is 9.46 Å². The molecule has 7 nitrogen and oxygen atoms in total. The molecule has 0 unspecified atom stereocenters. The lowest BCUT2D eigenvalue weighted by Gasteiger charge is -2.13. The zero-order valence-electron chi connectivity index (χ0n) is 16.5. The first-order valence-electron chi connectivity index (χ1n) is 8.89. The molecule has 0 spiro atoms. The van der Waals surface area contributed by atoms with E-state index in [1.807, 2.05) is 19.2 Å². The van der Waals surface area contributed by atoms with Gasteiger partial charge in [0.05, 0.1) is 7.11 Å². The Morgan fingerprint density at radius 2 is 2.04 bits per heavy atom. The third-order valence-electron chi connectivity index (χ3n) is 4.00. The summed E-state index contributed by atoms with van der Waals surface area (Å²) in [7, 11) is -2.16. The first-order valence-corrected chi connectivity index (χ1v) is 11.6. The molecule has 0 saturated carbocycles. The Kier molecular flexibility index (Phi) is 7.69. The normalized spacial score (nSPS) is 11.9. The topological polar surface area (TPSA) is 86.1 Å². The first kappa shape index (κ1) is 21.7. The minimum Gasteiger partial charge on any atom is -0.495 e. The van der Waals surface area contributed by atoms with Crippen LogP contribution in [-0.4, -0.2) is 43.1 Å². The summed E-state index contributed by atoms with van der Waals surface area (Å²) in [6, 6.07) is 5.11. The predicted molar refractivity (Wildman–Crippen MR) is 108 cm³/mol. The molecule has 1 aromatic heterocycles. The fraction of sp³-hybridized carbons (Fsp3) is 0.556. The SMILES string of the molecule is COc1ccc(C)cc1S(=O)(=O)NCCCc1nnc(SC)n1CC(C)C. The molecular formula is C18H28N4O3S2. The van der Waals surface area contributed by atoms with Crippen LogP contribution in [0.3, 0.4) is 0 Å². The summed E-state index contributed by atoms with van der Waals surface area (Å²) in [6.45, 7) is 7.32. The van der Waals surface area contributed by atoms with E-state index in [0.29, 0.717) is 31.1 Å². The number of sulfonamides is 1. The number of hydrogen-bond donors (Lipinski definition) is 1. The third kappa shape index (κ3) is 5.70. The minimum absolute atomic E-state index is 0.164. The second-order valence-corrected chi connectivity index (χ2v) is 9.27. The summed E-state index contributed by atoms with van der Waals surface area (Å²) in [5.41, 5.74) is 0.863. The number of benzene rings is 1. The minimum atomic E-state index is -3.63. The smallest absolute Gasteiger partial charge is 0.244 e. The van der Waals surface area contributed by atoms with Gasteiger partial charge in [0, 0.05) is 19.5 Å². The number of aryl methyl sites for hydroxylation is 2. The van der Waals surface area contributed by atoms with Crippen molar-refractivity contribution in [2.75, 3.05) is 19.9 Å². The van der Waals surface area contributed by atoms with Crippen molar-refractivity contribution in [3.8, 4) is 5.75 Å². The van der Waals surface area contributed by atoms with Crippen LogP contribution >= 0.6 is 11.8 Å². The van der Waals surface area contributed by atoms with E-state index < -0.39 is 10.0 Å². The molecule has 0 saturated heterocycles. The third-order valence-corrected chi connectivity index (χ3v) is 6.15. The molecule has 2 rings (SSSR count). The maximum atomic E-state index is 12.6. The molecule has 9 heteroatoms. The molecule has 1 aromatic carbocycles. The molecule has 0 radical (unpaired) electrons. The van der Waals surface area contributed by atoms with E-state index in [0.717, 1.165) is 23.1 Å². The molecule has 1 heterocycles. The van der Waals surface area contributed by atoms with Crippen LogP contribution in [0.2, 0.25) is 0 Å². The molecule has 0 atom stereocenters. The standard InChI is InChI=1S/C18H28N4O3S2/c1-13(2)12-22-17(20-21-18(22)26-5)7-6-10-19-27(23,24)16-11-14(3)8-9-15(16)25-4/h8-9,11,13,19H,6-7,10,12H2,1-5H3. The molecule has 2 aromatic rings. The number of aromatic nitrogens is 3. The van der Waals surface area contributed by atoms with Crippen molar-refractivity contribution < 1.29 is 13.2 Å². The number of ether oxygens (including phenoxy) is 1. The van der Waals surface area contributed by atoms with Gasteiger partial charge in [0.1, 0.15) is 16.5 Å². The average Bonchev–Trinajstić information content (AvgIpc) is 2.99. The summed E-state index contributed by atoms with van der Waals surface area (Å²) >= 11 is 1.57. The number of nitrogens with one attached hydrogen (secondary N) is 1. The molecular weight excluding hydrogens is 384 g/mol. The molecule has 27 heavy (non-hydrogen) atoms. The van der Waals surface area contributed by atoms with Gasteiger partial charge in [-0.15, -0.1) is 10.2 Å². The molecule has 0 aliphatic rings. The Morgan fingerprint density at radius 1 is 1.30 bits per heavy atom. The Labute approximate surface area is 166 Å². The number of methoxy groups -OCH3 is 1. The summed E-state index contributed by atoms with van der Waals surface area (Å²) in [6.07, 6.45) is 3.28. The quantitative estimate of drug-likeness (QED) is 0.477. The summed E-state index contributed by atoms with van der Waals surface area (Å²) in [5, 5.41) is 9.37. The van der Waals surface area contributed by atoms with Gasteiger partial charge in [0.25, 0.3) is 0 Å². The maximum Gasteiger partial charge on any atom is 0.244 e. The van der Waals surface area contributed by atoms with E-state index >= 15 is 0 Å². The molecule has 0 bridgehead atoms. The van der Waals surface area contributed by atoms with Gasteiger partial charge in [-0.1, -0.05) is 31.7 Å². The maximum absolute atomic E-state index is 12.6. The Hall–Kier alpha value is -1.58. The van der Waals surface area contributed by atoms with Crippen LogP contribution in [0.1, 0.15) is 31.7 Å². The van der Waals surface area contributed by atoms with Crippen LogP contribution in [0.25, 0.3) is 0 Å². The van der Waals surface area contributed by atoms with Crippen LogP contribution in [-0.2, 0) is 23.0 Å². The highest BCUT2D eigenvalue weighted by molar-refractivity contribution is 7.98. The zero-order valence-corrected chi connectivity index (χ0v) is 18.2. The van der Waals surface area contributed by atoms with E-state index in [1.54, 1.807) is 23.9 Å². The van der Waals surface area contributed by atoms with Gasteiger partial charge in [-0.25, -0.2) is 13.1 Å². The van der Waals surface area contributed by atoms with Crippen LogP contribution in [0.5, 0.6) is 5.75 Å². The zero-order chi connectivity index (χ0) is 20.0. The average molecular weight is 413 g/mol. The summed E-state index contributed by atoms with van der Waals surface area (Å²) < 4.78 is 35.2. The monoisotopic (exact) mass is 412 g/mol. The van der Waals surface area contributed by atoms with Crippen molar-refractivity contribution >= 4 is 21.8 Å². The van der Waals surface area contributed by atoms with Gasteiger partial charge < -0.3 is 9.30 Å². The number of hydrogen-bond acceptors (Lipinski definition) is 6. The molecule has 0 aliphatic heterocycles. The van der Waals surface area contributed by atoms with E-state index in [4.69, 9.17) is 4.74 Å². The first-order chi connectivity index (χ1) is 12.8. The Balaban J connectivity index is 2.01. The van der Waals surface area contributed by atoms with E-state index in [9.17, 15) is 8.42 Å². The molecule has 0 fully saturated rings. The van der Waals surface area contributed by atoms with Crippen molar-refractivity contribution in [1.29, 1.82) is 0 Å². The van der Waals surface area contributed by atoms with Crippen molar-refractivity contribution in [2.45, 2.75) is 50.2 Å². The van der Waals surface area contributed by atoms with Gasteiger partial charge in [0.15, 0.2) is 5.16 Å².